The Morgan fingerprint density at radius 2 is 1.96 bits per heavy atom. The molecule has 0 amide bonds. The first-order valence-electron chi connectivity index (χ1n) is 9.11. The summed E-state index contributed by atoms with van der Waals surface area (Å²) in [4.78, 5) is 6.97. The van der Waals surface area contributed by atoms with E-state index in [4.69, 9.17) is 5.73 Å². The lowest BCUT2D eigenvalue weighted by Crippen LogP contribution is -2.21. The van der Waals surface area contributed by atoms with Crippen LogP contribution in [0.15, 0.2) is 18.3 Å². The fourth-order valence-corrected chi connectivity index (χ4v) is 3.97. The summed E-state index contributed by atoms with van der Waals surface area (Å²) in [7, 11) is 2.20. The molecule has 23 heavy (non-hydrogen) atoms. The van der Waals surface area contributed by atoms with Gasteiger partial charge in [-0.2, -0.15) is 0 Å². The van der Waals surface area contributed by atoms with E-state index in [0.717, 1.165) is 30.5 Å². The molecule has 3 heteroatoms. The normalized spacial score (nSPS) is 28.3. The topological polar surface area (TPSA) is 42.1 Å². The van der Waals surface area contributed by atoms with Crippen molar-refractivity contribution >= 4 is 0 Å². The van der Waals surface area contributed by atoms with E-state index in [1.807, 2.05) is 6.20 Å². The van der Waals surface area contributed by atoms with Crippen LogP contribution in [0.5, 0.6) is 0 Å². The molecule has 1 saturated heterocycles. The first-order chi connectivity index (χ1) is 11.3. The van der Waals surface area contributed by atoms with E-state index in [1.54, 1.807) is 0 Å². The molecule has 1 aromatic heterocycles. The molecule has 1 unspecified atom stereocenters. The molecule has 3 nitrogen and oxygen atoms in total. The number of hydrogen-bond acceptors (Lipinski definition) is 3. The van der Waals surface area contributed by atoms with Gasteiger partial charge in [0.1, 0.15) is 5.69 Å². The summed E-state index contributed by atoms with van der Waals surface area (Å²) < 4.78 is 0. The highest BCUT2D eigenvalue weighted by atomic mass is 15.1. The van der Waals surface area contributed by atoms with Crippen molar-refractivity contribution < 1.29 is 0 Å². The highest BCUT2D eigenvalue weighted by Gasteiger charge is 2.22. The van der Waals surface area contributed by atoms with Gasteiger partial charge >= 0.3 is 0 Å². The van der Waals surface area contributed by atoms with Crippen LogP contribution < -0.4 is 5.73 Å². The summed E-state index contributed by atoms with van der Waals surface area (Å²) in [5.41, 5.74) is 7.99. The van der Waals surface area contributed by atoms with Gasteiger partial charge < -0.3 is 5.73 Å². The van der Waals surface area contributed by atoms with Crippen LogP contribution in [0.25, 0.3) is 0 Å². The standard InChI is InChI=1S/C20H29N3/c1-23-13-3-6-20(23)18-11-12-19(22-15-18)5-2-4-16-7-9-17(14-21)10-8-16/h11-12,15-17,20H,3-4,6-10,13-14,21H2,1H3. The molecule has 1 atom stereocenters. The van der Waals surface area contributed by atoms with E-state index in [0.29, 0.717) is 6.04 Å². The highest BCUT2D eigenvalue weighted by molar-refractivity contribution is 5.30. The molecule has 3 rings (SSSR count). The zero-order valence-corrected chi connectivity index (χ0v) is 14.3. The predicted octanol–water partition coefficient (Wildman–Crippen LogP) is 3.36. The zero-order chi connectivity index (χ0) is 16.1. The molecule has 1 aliphatic carbocycles. The summed E-state index contributed by atoms with van der Waals surface area (Å²) in [6.45, 7) is 2.05. The minimum absolute atomic E-state index is 0.544. The second-order valence-corrected chi connectivity index (χ2v) is 7.24. The Bertz CT molecular complexity index is 546. The molecule has 1 aliphatic heterocycles. The summed E-state index contributed by atoms with van der Waals surface area (Å²) in [5, 5.41) is 0. The third-order valence-corrected chi connectivity index (χ3v) is 5.60. The van der Waals surface area contributed by atoms with Gasteiger partial charge in [-0.1, -0.05) is 12.0 Å². The number of nitrogens with zero attached hydrogens (tertiary/aromatic N) is 2. The van der Waals surface area contributed by atoms with Gasteiger partial charge in [-0.3, -0.25) is 4.90 Å². The number of rotatable bonds is 3. The van der Waals surface area contributed by atoms with Gasteiger partial charge in [0, 0.05) is 18.7 Å². The third kappa shape index (κ3) is 4.34. The van der Waals surface area contributed by atoms with Crippen molar-refractivity contribution in [2.75, 3.05) is 20.1 Å². The van der Waals surface area contributed by atoms with Crippen LogP contribution in [-0.2, 0) is 0 Å². The number of pyridine rings is 1. The summed E-state index contributed by atoms with van der Waals surface area (Å²) >= 11 is 0. The third-order valence-electron chi connectivity index (χ3n) is 5.60. The number of likely N-dealkylation sites (tertiary alicyclic amines) is 1. The maximum absolute atomic E-state index is 5.75. The Kier molecular flexibility index (Phi) is 5.70. The number of aromatic nitrogens is 1. The van der Waals surface area contributed by atoms with Crippen molar-refractivity contribution in [2.24, 2.45) is 17.6 Å². The van der Waals surface area contributed by atoms with Gasteiger partial charge in [-0.25, -0.2) is 4.98 Å². The van der Waals surface area contributed by atoms with Crippen LogP contribution in [0.1, 0.15) is 62.2 Å². The van der Waals surface area contributed by atoms with Crippen molar-refractivity contribution in [2.45, 2.75) is 51.0 Å². The van der Waals surface area contributed by atoms with E-state index in [1.165, 1.54) is 50.6 Å². The summed E-state index contributed by atoms with van der Waals surface area (Å²) in [6, 6.07) is 4.83. The maximum Gasteiger partial charge on any atom is 0.113 e. The molecule has 2 heterocycles. The molecular weight excluding hydrogens is 282 g/mol. The minimum Gasteiger partial charge on any atom is -0.330 e. The first kappa shape index (κ1) is 16.5. The fourth-order valence-electron chi connectivity index (χ4n) is 3.97. The lowest BCUT2D eigenvalue weighted by molar-refractivity contribution is 0.283. The van der Waals surface area contributed by atoms with Crippen LogP contribution in [0.3, 0.4) is 0 Å². The quantitative estimate of drug-likeness (QED) is 0.870. The van der Waals surface area contributed by atoms with Gasteiger partial charge in [-0.05, 0) is 88.0 Å². The second-order valence-electron chi connectivity index (χ2n) is 7.24. The van der Waals surface area contributed by atoms with Crippen LogP contribution in [0.4, 0.5) is 0 Å². The molecule has 0 radical (unpaired) electrons. The molecule has 0 spiro atoms. The van der Waals surface area contributed by atoms with E-state index in [9.17, 15) is 0 Å². The van der Waals surface area contributed by atoms with Crippen LogP contribution in [0, 0.1) is 23.7 Å². The van der Waals surface area contributed by atoms with E-state index in [-0.39, 0.29) is 0 Å². The molecular formula is C20H29N3. The Morgan fingerprint density at radius 3 is 2.57 bits per heavy atom. The fraction of sp³-hybridized carbons (Fsp3) is 0.650. The van der Waals surface area contributed by atoms with Crippen LogP contribution in [-0.4, -0.2) is 30.0 Å². The van der Waals surface area contributed by atoms with Crippen molar-refractivity contribution in [1.82, 2.24) is 9.88 Å². The monoisotopic (exact) mass is 311 g/mol. The highest BCUT2D eigenvalue weighted by Crippen LogP contribution is 2.30. The van der Waals surface area contributed by atoms with E-state index < -0.39 is 0 Å². The predicted molar refractivity (Wildman–Crippen MR) is 94.8 cm³/mol. The van der Waals surface area contributed by atoms with E-state index >= 15 is 0 Å². The Morgan fingerprint density at radius 1 is 1.17 bits per heavy atom. The molecule has 2 aliphatic rings. The van der Waals surface area contributed by atoms with Gasteiger partial charge in [-0.15, -0.1) is 0 Å². The summed E-state index contributed by atoms with van der Waals surface area (Å²) in [6.07, 6.45) is 10.7. The van der Waals surface area contributed by atoms with Gasteiger partial charge in [0.2, 0.25) is 0 Å². The lowest BCUT2D eigenvalue weighted by Gasteiger charge is -2.26. The number of nitrogens with two attached hydrogens (primary N) is 1. The molecule has 0 aromatic carbocycles. The largest absolute Gasteiger partial charge is 0.330 e. The smallest absolute Gasteiger partial charge is 0.113 e. The SMILES string of the molecule is CN1CCCC1c1ccc(C#CCC2CCC(CN)CC2)nc1. The molecule has 0 bridgehead atoms. The van der Waals surface area contributed by atoms with Crippen molar-refractivity contribution in [3.05, 3.63) is 29.6 Å². The van der Waals surface area contributed by atoms with Gasteiger partial charge in [0.15, 0.2) is 0 Å². The average Bonchev–Trinajstić information content (AvgIpc) is 3.02. The summed E-state index contributed by atoms with van der Waals surface area (Å²) in [5.74, 6) is 8.11. The molecule has 1 aromatic rings. The lowest BCUT2D eigenvalue weighted by atomic mass is 9.81. The number of hydrogen-bond donors (Lipinski definition) is 1. The maximum atomic E-state index is 5.75. The van der Waals surface area contributed by atoms with Gasteiger partial charge in [0.05, 0.1) is 0 Å². The molecule has 124 valence electrons. The zero-order valence-electron chi connectivity index (χ0n) is 14.3. The molecule has 1 saturated carbocycles. The van der Waals surface area contributed by atoms with Crippen molar-refractivity contribution in [3.63, 3.8) is 0 Å². The molecule has 2 fully saturated rings. The van der Waals surface area contributed by atoms with Crippen LogP contribution in [0.2, 0.25) is 0 Å². The van der Waals surface area contributed by atoms with Crippen molar-refractivity contribution in [1.29, 1.82) is 0 Å². The average molecular weight is 311 g/mol. The molecule has 2 N–H and O–H groups in total. The second kappa shape index (κ2) is 7.95. The van der Waals surface area contributed by atoms with Crippen molar-refractivity contribution in [3.8, 4) is 11.8 Å². The Labute approximate surface area is 140 Å². The van der Waals surface area contributed by atoms with E-state index in [2.05, 4.69) is 40.9 Å². The Hall–Kier alpha value is -1.37. The Balaban J connectivity index is 1.51. The minimum atomic E-state index is 0.544. The van der Waals surface area contributed by atoms with Gasteiger partial charge in [0.25, 0.3) is 0 Å². The first-order valence-corrected chi connectivity index (χ1v) is 9.11. The van der Waals surface area contributed by atoms with Crippen LogP contribution >= 0.6 is 0 Å².